The number of nitrogens with one attached hydrogen (secondary N) is 2. The van der Waals surface area contributed by atoms with E-state index in [1.807, 2.05) is 6.92 Å². The molecule has 2 N–H and O–H groups in total. The highest BCUT2D eigenvalue weighted by Gasteiger charge is 2.38. The zero-order chi connectivity index (χ0) is 9.31. The fourth-order valence-corrected chi connectivity index (χ4v) is 1.00. The maximum absolute atomic E-state index is 11.2. The van der Waals surface area contributed by atoms with Gasteiger partial charge in [-0.1, -0.05) is 0 Å². The zero-order valence-corrected chi connectivity index (χ0v) is 7.33. The van der Waals surface area contributed by atoms with Crippen molar-refractivity contribution in [1.29, 1.82) is 0 Å². The Morgan fingerprint density at radius 3 is 3.00 bits per heavy atom. The predicted molar refractivity (Wildman–Crippen MR) is 46.3 cm³/mol. The van der Waals surface area contributed by atoms with E-state index in [0.29, 0.717) is 0 Å². The van der Waals surface area contributed by atoms with Crippen molar-refractivity contribution in [2.24, 2.45) is 0 Å². The molecule has 0 aromatic carbocycles. The zero-order valence-electron chi connectivity index (χ0n) is 7.33. The Labute approximate surface area is 75.5 Å². The molecule has 0 aliphatic heterocycles. The Balaban J connectivity index is 1.85. The van der Waals surface area contributed by atoms with Gasteiger partial charge in [-0.15, -0.1) is 0 Å². The van der Waals surface area contributed by atoms with Gasteiger partial charge < -0.3 is 9.73 Å². The first-order chi connectivity index (χ1) is 6.18. The van der Waals surface area contributed by atoms with Crippen LogP contribution in [0, 0.1) is 0 Å². The van der Waals surface area contributed by atoms with Gasteiger partial charge in [0.15, 0.2) is 0 Å². The molecule has 13 heavy (non-hydrogen) atoms. The minimum atomic E-state index is -0.262. The van der Waals surface area contributed by atoms with E-state index in [2.05, 4.69) is 15.6 Å². The molecule has 5 heteroatoms. The first kappa shape index (κ1) is 8.10. The van der Waals surface area contributed by atoms with Crippen molar-refractivity contribution in [1.82, 2.24) is 10.3 Å². The summed E-state index contributed by atoms with van der Waals surface area (Å²) >= 11 is 0. The highest BCUT2D eigenvalue weighted by atomic mass is 16.4. The predicted octanol–water partition coefficient (Wildman–Crippen LogP) is 1.35. The van der Waals surface area contributed by atoms with E-state index in [0.717, 1.165) is 12.8 Å². The number of rotatable bonds is 2. The molecule has 5 nitrogen and oxygen atoms in total. The first-order valence-corrected chi connectivity index (χ1v) is 4.17. The van der Waals surface area contributed by atoms with Crippen LogP contribution in [0.3, 0.4) is 0 Å². The SMILES string of the molecule is CC1(NC(=O)Nc2ncco2)CC1. The quantitative estimate of drug-likeness (QED) is 0.723. The Morgan fingerprint density at radius 2 is 2.46 bits per heavy atom. The van der Waals surface area contributed by atoms with Crippen molar-refractivity contribution in [3.8, 4) is 0 Å². The second-order valence-corrected chi connectivity index (χ2v) is 3.48. The maximum Gasteiger partial charge on any atom is 0.323 e. The molecule has 2 rings (SSSR count). The van der Waals surface area contributed by atoms with Crippen LogP contribution in [0.5, 0.6) is 0 Å². The van der Waals surface area contributed by atoms with E-state index >= 15 is 0 Å². The number of oxazole rings is 1. The summed E-state index contributed by atoms with van der Waals surface area (Å²) in [4.78, 5) is 15.0. The molecule has 1 aliphatic carbocycles. The monoisotopic (exact) mass is 181 g/mol. The van der Waals surface area contributed by atoms with E-state index in [1.165, 1.54) is 12.5 Å². The number of hydrogen-bond acceptors (Lipinski definition) is 3. The van der Waals surface area contributed by atoms with Gasteiger partial charge in [0.25, 0.3) is 0 Å². The van der Waals surface area contributed by atoms with Gasteiger partial charge in [-0.3, -0.25) is 5.32 Å². The van der Waals surface area contributed by atoms with Gasteiger partial charge in [0, 0.05) is 5.54 Å². The fraction of sp³-hybridized carbons (Fsp3) is 0.500. The maximum atomic E-state index is 11.2. The van der Waals surface area contributed by atoms with Crippen LogP contribution in [0.2, 0.25) is 0 Å². The second kappa shape index (κ2) is 2.76. The van der Waals surface area contributed by atoms with Crippen LogP contribution in [0.25, 0.3) is 0 Å². The highest BCUT2D eigenvalue weighted by molar-refractivity contribution is 5.87. The van der Waals surface area contributed by atoms with E-state index < -0.39 is 0 Å². The summed E-state index contributed by atoms with van der Waals surface area (Å²) in [5.41, 5.74) is -0.0172. The van der Waals surface area contributed by atoms with Crippen LogP contribution in [0.15, 0.2) is 16.9 Å². The second-order valence-electron chi connectivity index (χ2n) is 3.48. The van der Waals surface area contributed by atoms with Gasteiger partial charge in [-0.25, -0.2) is 9.78 Å². The molecule has 1 heterocycles. The smallest absolute Gasteiger partial charge is 0.323 e. The molecular weight excluding hydrogens is 170 g/mol. The lowest BCUT2D eigenvalue weighted by molar-refractivity contribution is 0.247. The number of aromatic nitrogens is 1. The molecule has 1 saturated carbocycles. The van der Waals surface area contributed by atoms with Crippen molar-refractivity contribution in [3.05, 3.63) is 12.5 Å². The summed E-state index contributed by atoms with van der Waals surface area (Å²) < 4.78 is 4.86. The van der Waals surface area contributed by atoms with Crippen molar-refractivity contribution in [3.63, 3.8) is 0 Å². The molecule has 0 saturated heterocycles. The minimum Gasteiger partial charge on any atom is -0.432 e. The molecule has 70 valence electrons. The Kier molecular flexibility index (Phi) is 1.72. The van der Waals surface area contributed by atoms with Crippen LogP contribution in [-0.2, 0) is 0 Å². The van der Waals surface area contributed by atoms with Crippen molar-refractivity contribution >= 4 is 12.0 Å². The first-order valence-electron chi connectivity index (χ1n) is 4.17. The number of carbonyl (C=O) groups excluding carboxylic acids is 1. The lowest BCUT2D eigenvalue weighted by Crippen LogP contribution is -2.37. The fourth-order valence-electron chi connectivity index (χ4n) is 1.00. The molecule has 1 fully saturated rings. The normalized spacial score (nSPS) is 17.9. The summed E-state index contributed by atoms with van der Waals surface area (Å²) in [5, 5.41) is 5.31. The van der Waals surface area contributed by atoms with Crippen LogP contribution in [0.1, 0.15) is 19.8 Å². The van der Waals surface area contributed by atoms with Gasteiger partial charge in [0.1, 0.15) is 6.26 Å². The van der Waals surface area contributed by atoms with Gasteiger partial charge in [-0.05, 0) is 19.8 Å². The standard InChI is InChI=1S/C8H11N3O2/c1-8(2-3-8)11-6(12)10-7-9-4-5-13-7/h4-5H,2-3H2,1H3,(H2,9,10,11,12). The summed E-state index contributed by atoms with van der Waals surface area (Å²) in [5.74, 6) is 0. The van der Waals surface area contributed by atoms with Crippen molar-refractivity contribution < 1.29 is 9.21 Å². The van der Waals surface area contributed by atoms with Gasteiger partial charge in [-0.2, -0.15) is 0 Å². The number of anilines is 1. The molecule has 0 atom stereocenters. The number of nitrogens with zero attached hydrogens (tertiary/aromatic N) is 1. The molecule has 1 aromatic heterocycles. The lowest BCUT2D eigenvalue weighted by atomic mass is 10.3. The molecule has 0 radical (unpaired) electrons. The van der Waals surface area contributed by atoms with Crippen molar-refractivity contribution in [2.45, 2.75) is 25.3 Å². The largest absolute Gasteiger partial charge is 0.432 e. The van der Waals surface area contributed by atoms with Crippen LogP contribution in [-0.4, -0.2) is 16.6 Å². The molecular formula is C8H11N3O2. The summed E-state index contributed by atoms with van der Waals surface area (Å²) in [7, 11) is 0. The molecule has 0 bridgehead atoms. The number of carbonyl (C=O) groups is 1. The van der Waals surface area contributed by atoms with E-state index in [9.17, 15) is 4.79 Å². The average Bonchev–Trinajstić information content (AvgIpc) is 2.61. The average molecular weight is 181 g/mol. The van der Waals surface area contributed by atoms with Crippen LogP contribution in [0.4, 0.5) is 10.8 Å². The Morgan fingerprint density at radius 1 is 1.69 bits per heavy atom. The third kappa shape index (κ3) is 1.99. The Hall–Kier alpha value is -1.52. The van der Waals surface area contributed by atoms with Crippen LogP contribution >= 0.6 is 0 Å². The number of hydrogen-bond donors (Lipinski definition) is 2. The molecule has 1 aliphatic rings. The van der Waals surface area contributed by atoms with Gasteiger partial charge in [0.2, 0.25) is 0 Å². The number of amides is 2. The van der Waals surface area contributed by atoms with Gasteiger partial charge >= 0.3 is 12.0 Å². The third-order valence-corrected chi connectivity index (χ3v) is 2.07. The van der Waals surface area contributed by atoms with Crippen LogP contribution < -0.4 is 10.6 Å². The molecule has 1 aromatic rings. The van der Waals surface area contributed by atoms with Gasteiger partial charge in [0.05, 0.1) is 6.20 Å². The number of urea groups is 1. The van der Waals surface area contributed by atoms with E-state index in [1.54, 1.807) is 0 Å². The van der Waals surface area contributed by atoms with E-state index in [-0.39, 0.29) is 17.6 Å². The highest BCUT2D eigenvalue weighted by Crippen LogP contribution is 2.34. The Bertz CT molecular complexity index is 303. The minimum absolute atomic E-state index is 0.0172. The molecule has 0 spiro atoms. The van der Waals surface area contributed by atoms with Crippen molar-refractivity contribution in [2.75, 3.05) is 5.32 Å². The van der Waals surface area contributed by atoms with E-state index in [4.69, 9.17) is 4.42 Å². The lowest BCUT2D eigenvalue weighted by Gasteiger charge is -2.10. The topological polar surface area (TPSA) is 67.2 Å². The summed E-state index contributed by atoms with van der Waals surface area (Å²) in [6.07, 6.45) is 4.96. The molecule has 0 unspecified atom stereocenters. The summed E-state index contributed by atoms with van der Waals surface area (Å²) in [6, 6.07) is -0.0378. The third-order valence-electron chi connectivity index (χ3n) is 2.07. The molecule has 2 amide bonds. The summed E-state index contributed by atoms with van der Waals surface area (Å²) in [6.45, 7) is 2.00.